The molecule has 0 unspecified atom stereocenters. The van der Waals surface area contributed by atoms with Gasteiger partial charge in [0.15, 0.2) is 0 Å². The van der Waals surface area contributed by atoms with E-state index in [4.69, 9.17) is 4.52 Å². The highest BCUT2D eigenvalue weighted by atomic mass is 32.2. The van der Waals surface area contributed by atoms with Crippen LogP contribution < -0.4 is 0 Å². The summed E-state index contributed by atoms with van der Waals surface area (Å²) in [7, 11) is -3.40. The molecule has 1 aromatic heterocycles. The topological polar surface area (TPSA) is 69.4 Å². The fraction of sp³-hybridized carbons (Fsp3) is 0.571. The summed E-state index contributed by atoms with van der Waals surface area (Å²) in [6.45, 7) is 1.85. The number of rotatable bonds is 4. The van der Waals surface area contributed by atoms with Crippen LogP contribution in [0.2, 0.25) is 0 Å². The van der Waals surface area contributed by atoms with Crippen LogP contribution in [0.1, 0.15) is 18.4 Å². The molecule has 6 heteroatoms. The lowest BCUT2D eigenvalue weighted by atomic mass is 10.3. The maximum atomic E-state index is 10.6. The van der Waals surface area contributed by atoms with Crippen molar-refractivity contribution >= 4 is 10.1 Å². The molecular formula is C7H11NO4S. The summed E-state index contributed by atoms with van der Waals surface area (Å²) in [5, 5.41) is 3.63. The number of aryl methyl sites for hydroxylation is 1. The summed E-state index contributed by atoms with van der Waals surface area (Å²) in [4.78, 5) is 0. The lowest BCUT2D eigenvalue weighted by Gasteiger charge is -1.94. The maximum Gasteiger partial charge on any atom is 0.264 e. The van der Waals surface area contributed by atoms with Crippen molar-refractivity contribution < 1.29 is 17.1 Å². The predicted octanol–water partition coefficient (Wildman–Crippen LogP) is 0.713. The van der Waals surface area contributed by atoms with Crippen LogP contribution in [-0.2, 0) is 27.3 Å². The van der Waals surface area contributed by atoms with Gasteiger partial charge in [0.2, 0.25) is 0 Å². The van der Waals surface area contributed by atoms with E-state index in [1.54, 1.807) is 6.07 Å². The highest BCUT2D eigenvalue weighted by Gasteiger charge is 2.06. The Hall–Kier alpha value is -0.880. The van der Waals surface area contributed by atoms with Crippen LogP contribution in [0.5, 0.6) is 0 Å². The number of nitrogens with zero attached hydrogens (tertiary/aromatic N) is 1. The van der Waals surface area contributed by atoms with Gasteiger partial charge in [-0.05, 0) is 0 Å². The van der Waals surface area contributed by atoms with Crippen molar-refractivity contribution in [2.45, 2.75) is 20.0 Å². The molecule has 0 amide bonds. The van der Waals surface area contributed by atoms with Gasteiger partial charge >= 0.3 is 0 Å². The molecule has 0 atom stereocenters. The van der Waals surface area contributed by atoms with Crippen molar-refractivity contribution in [3.8, 4) is 0 Å². The van der Waals surface area contributed by atoms with Crippen LogP contribution >= 0.6 is 0 Å². The van der Waals surface area contributed by atoms with Crippen molar-refractivity contribution in [3.63, 3.8) is 0 Å². The molecule has 0 bridgehead atoms. The van der Waals surface area contributed by atoms with E-state index in [9.17, 15) is 8.42 Å². The van der Waals surface area contributed by atoms with E-state index in [1.807, 2.05) is 6.92 Å². The summed E-state index contributed by atoms with van der Waals surface area (Å²) in [5.41, 5.74) is 0.488. The van der Waals surface area contributed by atoms with Gasteiger partial charge in [0.05, 0.1) is 6.26 Å². The fourth-order valence-electron chi connectivity index (χ4n) is 0.758. The molecule has 0 N–H and O–H groups in total. The first kappa shape index (κ1) is 10.2. The van der Waals surface area contributed by atoms with Gasteiger partial charge < -0.3 is 4.52 Å². The van der Waals surface area contributed by atoms with Gasteiger partial charge in [-0.15, -0.1) is 0 Å². The average molecular weight is 205 g/mol. The molecule has 0 aliphatic rings. The zero-order valence-electron chi connectivity index (χ0n) is 7.48. The van der Waals surface area contributed by atoms with E-state index in [1.165, 1.54) is 0 Å². The fourth-order valence-corrected chi connectivity index (χ4v) is 1.09. The van der Waals surface area contributed by atoms with Gasteiger partial charge in [-0.25, -0.2) is 0 Å². The summed E-state index contributed by atoms with van der Waals surface area (Å²) >= 11 is 0. The van der Waals surface area contributed by atoms with Crippen LogP contribution in [0.25, 0.3) is 0 Å². The molecule has 0 aromatic carbocycles. The molecule has 0 aliphatic heterocycles. The Morgan fingerprint density at radius 2 is 2.31 bits per heavy atom. The quantitative estimate of drug-likeness (QED) is 0.677. The number of aromatic nitrogens is 1. The van der Waals surface area contributed by atoms with E-state index >= 15 is 0 Å². The summed E-state index contributed by atoms with van der Waals surface area (Å²) in [5.74, 6) is 0.715. The zero-order chi connectivity index (χ0) is 9.90. The first-order chi connectivity index (χ1) is 6.01. The van der Waals surface area contributed by atoms with Crippen molar-refractivity contribution in [2.75, 3.05) is 6.26 Å². The maximum absolute atomic E-state index is 10.6. The third kappa shape index (κ3) is 3.56. The molecule has 13 heavy (non-hydrogen) atoms. The van der Waals surface area contributed by atoms with E-state index in [0.717, 1.165) is 12.7 Å². The second-order valence-corrected chi connectivity index (χ2v) is 4.25. The lowest BCUT2D eigenvalue weighted by Crippen LogP contribution is -2.02. The van der Waals surface area contributed by atoms with Crippen LogP contribution in [0.15, 0.2) is 10.6 Å². The first-order valence-corrected chi connectivity index (χ1v) is 5.62. The normalized spacial score (nSPS) is 11.8. The average Bonchev–Trinajstić information content (AvgIpc) is 2.47. The molecule has 1 heterocycles. The molecule has 1 aromatic rings. The van der Waals surface area contributed by atoms with Crippen molar-refractivity contribution in [2.24, 2.45) is 0 Å². The van der Waals surface area contributed by atoms with Gasteiger partial charge in [-0.3, -0.25) is 4.18 Å². The highest BCUT2D eigenvalue weighted by molar-refractivity contribution is 7.85. The van der Waals surface area contributed by atoms with Crippen LogP contribution in [0.3, 0.4) is 0 Å². The first-order valence-electron chi connectivity index (χ1n) is 3.80. The minimum absolute atomic E-state index is 0.0671. The minimum atomic E-state index is -3.40. The van der Waals surface area contributed by atoms with Crippen molar-refractivity contribution in [3.05, 3.63) is 17.5 Å². The number of hydrogen-bond donors (Lipinski definition) is 0. The van der Waals surface area contributed by atoms with E-state index in [0.29, 0.717) is 11.5 Å². The van der Waals surface area contributed by atoms with Gasteiger partial charge in [0, 0.05) is 12.5 Å². The highest BCUT2D eigenvalue weighted by Crippen LogP contribution is 2.06. The van der Waals surface area contributed by atoms with Crippen LogP contribution in [0.4, 0.5) is 0 Å². The molecule has 1 rings (SSSR count). The second-order valence-electron chi connectivity index (χ2n) is 2.60. The minimum Gasteiger partial charge on any atom is -0.361 e. The third-order valence-electron chi connectivity index (χ3n) is 1.38. The van der Waals surface area contributed by atoms with Gasteiger partial charge in [-0.2, -0.15) is 8.42 Å². The Kier molecular flexibility index (Phi) is 3.05. The third-order valence-corrected chi connectivity index (χ3v) is 1.92. The molecule has 0 radical (unpaired) electrons. The summed E-state index contributed by atoms with van der Waals surface area (Å²) < 4.78 is 30.6. The van der Waals surface area contributed by atoms with Crippen LogP contribution in [0, 0.1) is 0 Å². The molecule has 0 fully saturated rings. The smallest absolute Gasteiger partial charge is 0.264 e. The molecule has 0 aliphatic carbocycles. The zero-order valence-corrected chi connectivity index (χ0v) is 8.30. The molecule has 5 nitrogen and oxygen atoms in total. The Labute approximate surface area is 76.8 Å². The standard InChI is InChI=1S/C7H11NO4S/c1-3-7-4-6(8-12-7)5-11-13(2,9)10/h4H,3,5H2,1-2H3. The second kappa shape index (κ2) is 3.89. The molecule has 0 saturated carbocycles. The Morgan fingerprint density at radius 3 is 2.77 bits per heavy atom. The van der Waals surface area contributed by atoms with E-state index in [-0.39, 0.29) is 6.61 Å². The molecule has 74 valence electrons. The van der Waals surface area contributed by atoms with E-state index in [2.05, 4.69) is 9.34 Å². The van der Waals surface area contributed by atoms with Crippen LogP contribution in [-0.4, -0.2) is 19.8 Å². The molecule has 0 saturated heterocycles. The van der Waals surface area contributed by atoms with Gasteiger partial charge in [0.25, 0.3) is 10.1 Å². The Morgan fingerprint density at radius 1 is 1.62 bits per heavy atom. The number of hydrogen-bond acceptors (Lipinski definition) is 5. The summed E-state index contributed by atoms with van der Waals surface area (Å²) in [6, 6.07) is 1.67. The lowest BCUT2D eigenvalue weighted by molar-refractivity contribution is 0.293. The summed E-state index contributed by atoms with van der Waals surface area (Å²) in [6.07, 6.45) is 1.72. The SMILES string of the molecule is CCc1cc(COS(C)(=O)=O)no1. The van der Waals surface area contributed by atoms with Crippen molar-refractivity contribution in [1.29, 1.82) is 0 Å². The van der Waals surface area contributed by atoms with Gasteiger partial charge in [-0.1, -0.05) is 12.1 Å². The molecule has 0 spiro atoms. The Bertz CT molecular complexity index is 368. The van der Waals surface area contributed by atoms with E-state index < -0.39 is 10.1 Å². The van der Waals surface area contributed by atoms with Gasteiger partial charge in [0.1, 0.15) is 18.1 Å². The van der Waals surface area contributed by atoms with Crippen molar-refractivity contribution in [1.82, 2.24) is 5.16 Å². The largest absolute Gasteiger partial charge is 0.361 e. The predicted molar refractivity (Wildman–Crippen MR) is 45.5 cm³/mol. The Balaban J connectivity index is 2.55. The molecular weight excluding hydrogens is 194 g/mol. The monoisotopic (exact) mass is 205 g/mol.